The number of piperidine rings is 1. The number of hydrazine groups is 1. The van der Waals surface area contributed by atoms with Gasteiger partial charge in [-0.15, -0.1) is 0 Å². The van der Waals surface area contributed by atoms with Crippen LogP contribution in [0.2, 0.25) is 0 Å². The Balaban J connectivity index is 1.20. The van der Waals surface area contributed by atoms with E-state index in [0.29, 0.717) is 62.7 Å². The lowest BCUT2D eigenvalue weighted by atomic mass is 9.74. The van der Waals surface area contributed by atoms with Crippen LogP contribution in [0, 0.1) is 24.6 Å². The van der Waals surface area contributed by atoms with Gasteiger partial charge in [0.2, 0.25) is 11.8 Å². The first-order valence-electron chi connectivity index (χ1n) is 18.3. The second kappa shape index (κ2) is 17.1. The van der Waals surface area contributed by atoms with Crippen molar-refractivity contribution in [2.24, 2.45) is 11.8 Å². The number of hydrogen-bond acceptors (Lipinski definition) is 9. The maximum atomic E-state index is 15.2. The second-order valence-electron chi connectivity index (χ2n) is 15.3. The van der Waals surface area contributed by atoms with Crippen molar-refractivity contribution < 1.29 is 28.2 Å². The Morgan fingerprint density at radius 1 is 1.10 bits per heavy atom. The van der Waals surface area contributed by atoms with Gasteiger partial charge in [0.15, 0.2) is 0 Å². The highest BCUT2D eigenvalue weighted by atomic mass is 19.1. The van der Waals surface area contributed by atoms with Crippen LogP contribution < -0.4 is 26.2 Å². The molecule has 4 unspecified atom stereocenters. The topological polar surface area (TPSA) is 137 Å². The van der Waals surface area contributed by atoms with E-state index in [-0.39, 0.29) is 42.3 Å². The zero-order chi connectivity index (χ0) is 36.7. The lowest BCUT2D eigenvalue weighted by Gasteiger charge is -2.41. The van der Waals surface area contributed by atoms with Crippen molar-refractivity contribution in [1.82, 2.24) is 36.3 Å². The SMILES string of the molecule is COc1cccc(F)c1CN1C[C@H](NC(=O)C2CCC3NNC(c4ccnc(C)c4)C3C2)CC[C@H]1C(=O)N(C)CCCCNC(=O)OC(C)(C)C. The summed E-state index contributed by atoms with van der Waals surface area (Å²) in [4.78, 5) is 47.7. The average molecular weight is 710 g/mol. The number of ether oxygens (including phenoxy) is 2. The number of carbonyl (C=O) groups is 3. The summed E-state index contributed by atoms with van der Waals surface area (Å²) in [5.41, 5.74) is 8.89. The minimum Gasteiger partial charge on any atom is -0.496 e. The van der Waals surface area contributed by atoms with Crippen molar-refractivity contribution in [3.8, 4) is 5.75 Å². The second-order valence-corrected chi connectivity index (χ2v) is 15.3. The third-order valence-corrected chi connectivity index (χ3v) is 10.3. The maximum Gasteiger partial charge on any atom is 0.407 e. The van der Waals surface area contributed by atoms with E-state index in [9.17, 15) is 14.4 Å². The number of hydrogen-bond donors (Lipinski definition) is 4. The molecule has 0 radical (unpaired) electrons. The molecular weight excluding hydrogens is 653 g/mol. The molecule has 1 aliphatic carbocycles. The number of aryl methyl sites for hydroxylation is 1. The highest BCUT2D eigenvalue weighted by molar-refractivity contribution is 5.82. The maximum absolute atomic E-state index is 15.2. The van der Waals surface area contributed by atoms with Crippen molar-refractivity contribution in [3.63, 3.8) is 0 Å². The van der Waals surface area contributed by atoms with Crippen LogP contribution in [0.4, 0.5) is 9.18 Å². The Bertz CT molecular complexity index is 1520. The van der Waals surface area contributed by atoms with E-state index in [1.54, 1.807) is 24.1 Å². The Hall–Kier alpha value is -3.81. The summed E-state index contributed by atoms with van der Waals surface area (Å²) in [7, 11) is 3.29. The highest BCUT2D eigenvalue weighted by Crippen LogP contribution is 2.40. The minimum absolute atomic E-state index is 0.0420. The van der Waals surface area contributed by atoms with Crippen molar-refractivity contribution >= 4 is 17.9 Å². The molecular formula is C38H56FN7O5. The summed E-state index contributed by atoms with van der Waals surface area (Å²) in [6.45, 7) is 8.97. The first kappa shape index (κ1) is 38.4. The number of methoxy groups -OCH3 is 1. The van der Waals surface area contributed by atoms with E-state index in [0.717, 1.165) is 25.0 Å². The zero-order valence-electron chi connectivity index (χ0n) is 31.0. The van der Waals surface area contributed by atoms with Gasteiger partial charge >= 0.3 is 6.09 Å². The normalized spacial score (nSPS) is 25.1. The van der Waals surface area contributed by atoms with E-state index in [1.807, 2.05) is 44.9 Å². The number of pyridine rings is 1. The van der Waals surface area contributed by atoms with Gasteiger partial charge in [-0.05, 0) is 108 Å². The molecule has 0 spiro atoms. The van der Waals surface area contributed by atoms with Crippen LogP contribution in [0.1, 0.15) is 88.6 Å². The summed E-state index contributed by atoms with van der Waals surface area (Å²) >= 11 is 0. The number of carbonyl (C=O) groups excluding carboxylic acids is 3. The summed E-state index contributed by atoms with van der Waals surface area (Å²) in [6.07, 6.45) is 6.39. The monoisotopic (exact) mass is 709 g/mol. The number of fused-ring (bicyclic) bond motifs is 1. The lowest BCUT2D eigenvalue weighted by Crippen LogP contribution is -2.57. The molecule has 6 atom stereocenters. The molecule has 2 aliphatic heterocycles. The molecule has 3 fully saturated rings. The lowest BCUT2D eigenvalue weighted by molar-refractivity contribution is -0.138. The van der Waals surface area contributed by atoms with Gasteiger partial charge in [0.05, 0.1) is 19.2 Å². The molecule has 3 aliphatic rings. The average Bonchev–Trinajstić information content (AvgIpc) is 3.51. The third kappa shape index (κ3) is 10.2. The van der Waals surface area contributed by atoms with E-state index >= 15 is 4.39 Å². The van der Waals surface area contributed by atoms with Crippen LogP contribution in [-0.2, 0) is 20.9 Å². The van der Waals surface area contributed by atoms with Crippen LogP contribution in [0.25, 0.3) is 0 Å². The molecule has 1 aromatic carbocycles. The van der Waals surface area contributed by atoms with Gasteiger partial charge in [-0.1, -0.05) is 6.07 Å². The van der Waals surface area contributed by atoms with Crippen molar-refractivity contribution in [2.75, 3.05) is 33.8 Å². The van der Waals surface area contributed by atoms with Crippen molar-refractivity contribution in [2.45, 2.75) is 109 Å². The predicted octanol–water partition coefficient (Wildman–Crippen LogP) is 4.38. The molecule has 0 bridgehead atoms. The molecule has 5 rings (SSSR count). The van der Waals surface area contributed by atoms with Crippen LogP contribution in [0.3, 0.4) is 0 Å². The zero-order valence-corrected chi connectivity index (χ0v) is 31.0. The van der Waals surface area contributed by atoms with E-state index < -0.39 is 23.6 Å². The Morgan fingerprint density at radius 3 is 2.65 bits per heavy atom. The van der Waals surface area contributed by atoms with Gasteiger partial charge in [-0.3, -0.25) is 24.9 Å². The summed E-state index contributed by atoms with van der Waals surface area (Å²) in [5.74, 6) is 0.180. The van der Waals surface area contributed by atoms with Crippen molar-refractivity contribution in [1.29, 1.82) is 0 Å². The number of likely N-dealkylation sites (N-methyl/N-ethyl adjacent to an activating group) is 1. The number of rotatable bonds is 12. The molecule has 12 nitrogen and oxygen atoms in total. The number of benzene rings is 1. The molecule has 3 heterocycles. The first-order valence-corrected chi connectivity index (χ1v) is 18.3. The van der Waals surface area contributed by atoms with E-state index in [1.165, 1.54) is 18.7 Å². The summed E-state index contributed by atoms with van der Waals surface area (Å²) in [6, 6.07) is 8.62. The third-order valence-electron chi connectivity index (χ3n) is 10.3. The Kier molecular flexibility index (Phi) is 12.9. The number of unbranched alkanes of at least 4 members (excludes halogenated alkanes) is 1. The molecule has 4 N–H and O–H groups in total. The van der Waals surface area contributed by atoms with Crippen LogP contribution >= 0.6 is 0 Å². The van der Waals surface area contributed by atoms with Crippen LogP contribution in [0.15, 0.2) is 36.5 Å². The van der Waals surface area contributed by atoms with Gasteiger partial charge in [0.25, 0.3) is 0 Å². The number of alkyl carbamates (subject to hydrolysis) is 1. The molecule has 1 saturated carbocycles. The standard InChI is InChI=1S/C38H56FN7O5/c1-24-20-25(16-18-40-24)34-28-21-26(12-14-31(28)43-44-34)35(47)42-27-13-15-32(46(22-27)23-29-30(39)10-9-11-33(29)50-6)36(48)45(5)19-8-7-17-41-37(49)51-38(2,3)4/h9-11,16,18,20,26-28,31-32,34,43-44H,7-8,12-15,17,19,21-23H2,1-6H3,(H,41,49)(H,42,47)/t26?,27-,28?,31?,32+,34?/m1/s1. The van der Waals surface area contributed by atoms with Crippen LogP contribution in [0.5, 0.6) is 5.75 Å². The fraction of sp³-hybridized carbons (Fsp3) is 0.632. The van der Waals surface area contributed by atoms with Gasteiger partial charge in [-0.2, -0.15) is 0 Å². The number of nitrogens with zero attached hydrogens (tertiary/aromatic N) is 3. The van der Waals surface area contributed by atoms with E-state index in [4.69, 9.17) is 9.47 Å². The number of likely N-dealkylation sites (tertiary alicyclic amines) is 1. The van der Waals surface area contributed by atoms with Gasteiger partial charge in [-0.25, -0.2) is 14.6 Å². The summed E-state index contributed by atoms with van der Waals surface area (Å²) in [5, 5.41) is 6.08. The molecule has 2 aromatic rings. The van der Waals surface area contributed by atoms with Gasteiger partial charge in [0, 0.05) is 68.7 Å². The van der Waals surface area contributed by atoms with Gasteiger partial charge < -0.3 is 25.0 Å². The Morgan fingerprint density at radius 2 is 1.90 bits per heavy atom. The fourth-order valence-electron chi connectivity index (χ4n) is 7.75. The molecule has 280 valence electrons. The fourth-order valence-corrected chi connectivity index (χ4v) is 7.75. The van der Waals surface area contributed by atoms with Crippen LogP contribution in [-0.4, -0.2) is 90.2 Å². The van der Waals surface area contributed by atoms with Crippen molar-refractivity contribution in [3.05, 3.63) is 59.2 Å². The van der Waals surface area contributed by atoms with E-state index in [2.05, 4.69) is 32.5 Å². The first-order chi connectivity index (χ1) is 24.3. The Labute approximate surface area is 301 Å². The predicted molar refractivity (Wildman–Crippen MR) is 192 cm³/mol. The molecule has 13 heteroatoms. The molecule has 1 aromatic heterocycles. The number of amides is 3. The van der Waals surface area contributed by atoms with Gasteiger partial charge in [0.1, 0.15) is 17.2 Å². The largest absolute Gasteiger partial charge is 0.496 e. The minimum atomic E-state index is -0.564. The number of aromatic nitrogens is 1. The smallest absolute Gasteiger partial charge is 0.407 e. The number of nitrogens with one attached hydrogen (secondary N) is 4. The quantitative estimate of drug-likeness (QED) is 0.237. The molecule has 3 amide bonds. The number of halogens is 1. The molecule has 2 saturated heterocycles. The summed E-state index contributed by atoms with van der Waals surface area (Å²) < 4.78 is 26.0. The highest BCUT2D eigenvalue weighted by Gasteiger charge is 2.43. The molecule has 51 heavy (non-hydrogen) atoms.